The lowest BCUT2D eigenvalue weighted by Gasteiger charge is -2.12. The van der Waals surface area contributed by atoms with Crippen molar-refractivity contribution in [2.75, 3.05) is 6.61 Å². The van der Waals surface area contributed by atoms with Crippen LogP contribution in [0.15, 0.2) is 36.4 Å². The summed E-state index contributed by atoms with van der Waals surface area (Å²) in [6, 6.07) is 12.1. The van der Waals surface area contributed by atoms with Gasteiger partial charge in [0.25, 0.3) is 0 Å². The third-order valence-corrected chi connectivity index (χ3v) is 4.34. The lowest BCUT2D eigenvalue weighted by Crippen LogP contribution is -2.07. The molecular formula is C19H24FOP. The van der Waals surface area contributed by atoms with E-state index in [9.17, 15) is 4.39 Å². The number of aryl methyl sites for hydroxylation is 1. The number of hydrogen-bond acceptors (Lipinski definition) is 1. The average molecular weight is 318 g/mol. The van der Waals surface area contributed by atoms with Crippen LogP contribution < -0.4 is 10.0 Å². The quantitative estimate of drug-likeness (QED) is 0.508. The molecule has 0 aliphatic carbocycles. The highest BCUT2D eigenvalue weighted by Crippen LogP contribution is 2.26. The Hall–Kier alpha value is -1.40. The number of hydrogen-bond donors (Lipinski definition) is 0. The van der Waals surface area contributed by atoms with Gasteiger partial charge < -0.3 is 4.74 Å². The summed E-state index contributed by atoms with van der Waals surface area (Å²) in [5.41, 5.74) is 3.27. The van der Waals surface area contributed by atoms with Crippen molar-refractivity contribution < 1.29 is 9.13 Å². The molecular weight excluding hydrogens is 294 g/mol. The molecule has 2 aromatic rings. The van der Waals surface area contributed by atoms with E-state index < -0.39 is 0 Å². The van der Waals surface area contributed by atoms with Crippen molar-refractivity contribution >= 4 is 14.5 Å². The number of rotatable bonds is 7. The van der Waals surface area contributed by atoms with Crippen LogP contribution in [0.4, 0.5) is 4.39 Å². The van der Waals surface area contributed by atoms with E-state index >= 15 is 0 Å². The summed E-state index contributed by atoms with van der Waals surface area (Å²) in [7, 11) is 2.49. The van der Waals surface area contributed by atoms with Crippen LogP contribution in [-0.2, 0) is 6.42 Å². The molecule has 0 fully saturated rings. The maximum atomic E-state index is 14.3. The van der Waals surface area contributed by atoms with Gasteiger partial charge in [-0.2, -0.15) is 0 Å². The second-order valence-electron chi connectivity index (χ2n) is 5.43. The fourth-order valence-electron chi connectivity index (χ4n) is 2.52. The standard InChI is InChI=1S/C19H24FOP/c1-3-5-6-7-14-8-10-15(11-9-14)16-12-13-17(21-4-2)18(20)19(16)22/h8-13H,3-7,22H2,1-2H3. The zero-order chi connectivity index (χ0) is 15.9. The molecule has 3 heteroatoms. The van der Waals surface area contributed by atoms with Crippen molar-refractivity contribution in [3.05, 3.63) is 47.8 Å². The number of halogens is 1. The zero-order valence-electron chi connectivity index (χ0n) is 13.4. The van der Waals surface area contributed by atoms with E-state index in [4.69, 9.17) is 4.74 Å². The molecule has 0 radical (unpaired) electrons. The first-order valence-electron chi connectivity index (χ1n) is 7.97. The van der Waals surface area contributed by atoms with E-state index in [2.05, 4.69) is 40.4 Å². The summed E-state index contributed by atoms with van der Waals surface area (Å²) >= 11 is 0. The second kappa shape index (κ2) is 8.29. The summed E-state index contributed by atoms with van der Waals surface area (Å²) in [5.74, 6) is 0.0174. The Labute approximate surface area is 135 Å². The number of unbranched alkanes of at least 4 members (excludes halogenated alkanes) is 2. The Morgan fingerprint density at radius 1 is 1.00 bits per heavy atom. The van der Waals surface area contributed by atoms with Gasteiger partial charge in [-0.25, -0.2) is 4.39 Å². The Morgan fingerprint density at radius 3 is 2.36 bits per heavy atom. The van der Waals surface area contributed by atoms with Crippen molar-refractivity contribution in [1.82, 2.24) is 0 Å². The van der Waals surface area contributed by atoms with Gasteiger partial charge in [-0.3, -0.25) is 0 Å². The molecule has 0 saturated carbocycles. The van der Waals surface area contributed by atoms with E-state index in [0.29, 0.717) is 17.7 Å². The van der Waals surface area contributed by atoms with Gasteiger partial charge in [-0.05, 0) is 48.6 Å². The number of ether oxygens (including phenoxy) is 1. The Morgan fingerprint density at radius 2 is 1.73 bits per heavy atom. The van der Waals surface area contributed by atoms with Crippen molar-refractivity contribution in [2.24, 2.45) is 0 Å². The molecule has 118 valence electrons. The van der Waals surface area contributed by atoms with Crippen LogP contribution in [0.3, 0.4) is 0 Å². The van der Waals surface area contributed by atoms with Gasteiger partial charge in [-0.15, -0.1) is 9.24 Å². The van der Waals surface area contributed by atoms with Crippen LogP contribution >= 0.6 is 9.24 Å². The number of benzene rings is 2. The predicted octanol–water partition coefficient (Wildman–Crippen LogP) is 5.12. The topological polar surface area (TPSA) is 9.23 Å². The summed E-state index contributed by atoms with van der Waals surface area (Å²) in [6.07, 6.45) is 4.84. The Kier molecular flexibility index (Phi) is 6.39. The third kappa shape index (κ3) is 4.08. The molecule has 2 aromatic carbocycles. The molecule has 1 nitrogen and oxygen atoms in total. The van der Waals surface area contributed by atoms with Crippen LogP contribution in [0.25, 0.3) is 11.1 Å². The first kappa shape index (κ1) is 17.0. The molecule has 0 aliphatic heterocycles. The van der Waals surface area contributed by atoms with Gasteiger partial charge in [0.2, 0.25) is 0 Å². The summed E-state index contributed by atoms with van der Waals surface area (Å²) < 4.78 is 19.6. The molecule has 22 heavy (non-hydrogen) atoms. The lowest BCUT2D eigenvalue weighted by molar-refractivity contribution is 0.323. The van der Waals surface area contributed by atoms with Gasteiger partial charge in [0.15, 0.2) is 11.6 Å². The van der Waals surface area contributed by atoms with Gasteiger partial charge in [0, 0.05) is 5.30 Å². The first-order valence-corrected chi connectivity index (χ1v) is 8.55. The Balaban J connectivity index is 2.19. The highest BCUT2D eigenvalue weighted by molar-refractivity contribution is 7.28. The van der Waals surface area contributed by atoms with E-state index in [1.165, 1.54) is 24.8 Å². The van der Waals surface area contributed by atoms with Crippen LogP contribution in [-0.4, -0.2) is 6.61 Å². The molecule has 0 amide bonds. The van der Waals surface area contributed by atoms with Gasteiger partial charge in [-0.1, -0.05) is 44.0 Å². The lowest BCUT2D eigenvalue weighted by atomic mass is 10.0. The molecule has 0 aromatic heterocycles. The largest absolute Gasteiger partial charge is 0.491 e. The van der Waals surface area contributed by atoms with Gasteiger partial charge >= 0.3 is 0 Å². The molecule has 1 unspecified atom stereocenters. The van der Waals surface area contributed by atoms with Crippen molar-refractivity contribution in [3.63, 3.8) is 0 Å². The molecule has 0 aliphatic rings. The van der Waals surface area contributed by atoms with E-state index in [1.54, 1.807) is 6.07 Å². The van der Waals surface area contributed by atoms with Crippen molar-refractivity contribution in [2.45, 2.75) is 39.5 Å². The highest BCUT2D eigenvalue weighted by atomic mass is 31.0. The minimum absolute atomic E-state index is 0.295. The smallest absolute Gasteiger partial charge is 0.172 e. The zero-order valence-corrected chi connectivity index (χ0v) is 14.5. The SMILES string of the molecule is CCCCCc1ccc(-c2ccc(OCC)c(F)c2P)cc1. The third-order valence-electron chi connectivity index (χ3n) is 3.78. The summed E-state index contributed by atoms with van der Waals surface area (Å²) in [4.78, 5) is 0. The van der Waals surface area contributed by atoms with Gasteiger partial charge in [0.1, 0.15) is 0 Å². The average Bonchev–Trinajstić information content (AvgIpc) is 2.53. The minimum atomic E-state index is -0.295. The second-order valence-corrected chi connectivity index (χ2v) is 6.00. The van der Waals surface area contributed by atoms with Crippen LogP contribution in [0.1, 0.15) is 38.7 Å². The highest BCUT2D eigenvalue weighted by Gasteiger charge is 2.12. The van der Waals surface area contributed by atoms with Crippen molar-refractivity contribution in [1.29, 1.82) is 0 Å². The molecule has 2 rings (SSSR count). The fourth-order valence-corrected chi connectivity index (χ4v) is 2.93. The normalized spacial score (nSPS) is 10.7. The van der Waals surface area contributed by atoms with E-state index in [-0.39, 0.29) is 5.82 Å². The van der Waals surface area contributed by atoms with Crippen LogP contribution in [0.5, 0.6) is 5.75 Å². The van der Waals surface area contributed by atoms with Crippen molar-refractivity contribution in [3.8, 4) is 16.9 Å². The predicted molar refractivity (Wildman–Crippen MR) is 95.6 cm³/mol. The Bertz CT molecular complexity index is 608. The first-order chi connectivity index (χ1) is 10.7. The van der Waals surface area contributed by atoms with Gasteiger partial charge in [0.05, 0.1) is 6.61 Å². The summed E-state index contributed by atoms with van der Waals surface area (Å²) in [6.45, 7) is 4.53. The monoisotopic (exact) mass is 318 g/mol. The molecule has 1 atom stereocenters. The van der Waals surface area contributed by atoms with Crippen LogP contribution in [0, 0.1) is 5.82 Å². The molecule has 0 heterocycles. The van der Waals surface area contributed by atoms with E-state index in [1.807, 2.05) is 13.0 Å². The maximum absolute atomic E-state index is 14.3. The summed E-state index contributed by atoms with van der Waals surface area (Å²) in [5, 5.41) is 0.560. The van der Waals surface area contributed by atoms with E-state index in [0.717, 1.165) is 17.5 Å². The molecule has 0 bridgehead atoms. The molecule has 0 saturated heterocycles. The molecule has 0 N–H and O–H groups in total. The molecule has 0 spiro atoms. The maximum Gasteiger partial charge on any atom is 0.172 e. The minimum Gasteiger partial charge on any atom is -0.491 e. The van der Waals surface area contributed by atoms with Crippen LogP contribution in [0.2, 0.25) is 0 Å². The fraction of sp³-hybridized carbons (Fsp3) is 0.368.